The van der Waals surface area contributed by atoms with Gasteiger partial charge in [-0.05, 0) is 30.2 Å². The summed E-state index contributed by atoms with van der Waals surface area (Å²) in [6.07, 6.45) is 0.889. The second-order valence-corrected chi connectivity index (χ2v) is 4.46. The van der Waals surface area contributed by atoms with Crippen LogP contribution >= 0.6 is 0 Å². The largest absolute Gasteiger partial charge is 0.394 e. The molecular formula is C14H20N2O3. The molecule has 5 nitrogen and oxygen atoms in total. The monoisotopic (exact) mass is 264 g/mol. The van der Waals surface area contributed by atoms with Gasteiger partial charge in [-0.2, -0.15) is 0 Å². The van der Waals surface area contributed by atoms with Crippen molar-refractivity contribution in [1.82, 2.24) is 10.6 Å². The molecule has 0 bridgehead atoms. The molecule has 1 aromatic carbocycles. The third-order valence-corrected chi connectivity index (χ3v) is 3.15. The summed E-state index contributed by atoms with van der Waals surface area (Å²) in [5.74, 6) is -0.0497. The molecule has 1 aliphatic heterocycles. The van der Waals surface area contributed by atoms with Gasteiger partial charge in [0.15, 0.2) is 0 Å². The van der Waals surface area contributed by atoms with Gasteiger partial charge in [0.05, 0.1) is 19.8 Å². The number of aliphatic hydroxyl groups is 1. The molecule has 1 heterocycles. The number of nitrogens with one attached hydrogen (secondary N) is 2. The molecule has 0 aliphatic carbocycles. The number of carbonyl (C=O) groups excluding carboxylic acids is 1. The first-order valence-corrected chi connectivity index (χ1v) is 6.61. The molecule has 0 saturated heterocycles. The second-order valence-electron chi connectivity index (χ2n) is 4.46. The molecule has 0 spiro atoms. The van der Waals surface area contributed by atoms with Gasteiger partial charge >= 0.3 is 0 Å². The molecule has 2 rings (SSSR count). The SMILES string of the molecule is O=C(NCCOCCO)c1cccc2c1CCNC2. The highest BCUT2D eigenvalue weighted by Gasteiger charge is 2.16. The number of aliphatic hydroxyl groups excluding tert-OH is 1. The average molecular weight is 264 g/mol. The van der Waals surface area contributed by atoms with Gasteiger partial charge in [-0.1, -0.05) is 12.1 Å². The Hall–Kier alpha value is -1.43. The summed E-state index contributed by atoms with van der Waals surface area (Å²) < 4.78 is 5.11. The predicted molar refractivity (Wildman–Crippen MR) is 72.1 cm³/mol. The van der Waals surface area contributed by atoms with Crippen molar-refractivity contribution >= 4 is 5.91 Å². The summed E-state index contributed by atoms with van der Waals surface area (Å²) in [6.45, 7) is 2.94. The van der Waals surface area contributed by atoms with E-state index in [9.17, 15) is 4.79 Å². The van der Waals surface area contributed by atoms with Crippen molar-refractivity contribution in [1.29, 1.82) is 0 Å². The van der Waals surface area contributed by atoms with Crippen LogP contribution in [0.25, 0.3) is 0 Å². The van der Waals surface area contributed by atoms with E-state index in [1.807, 2.05) is 12.1 Å². The molecule has 3 N–H and O–H groups in total. The van der Waals surface area contributed by atoms with Gasteiger partial charge in [0, 0.05) is 18.7 Å². The fourth-order valence-electron chi connectivity index (χ4n) is 2.24. The molecule has 0 radical (unpaired) electrons. The topological polar surface area (TPSA) is 70.6 Å². The normalized spacial score (nSPS) is 13.9. The van der Waals surface area contributed by atoms with Gasteiger partial charge in [-0.3, -0.25) is 4.79 Å². The van der Waals surface area contributed by atoms with E-state index in [4.69, 9.17) is 9.84 Å². The first-order valence-electron chi connectivity index (χ1n) is 6.61. The summed E-state index contributed by atoms with van der Waals surface area (Å²) in [5.41, 5.74) is 3.12. The third-order valence-electron chi connectivity index (χ3n) is 3.15. The smallest absolute Gasteiger partial charge is 0.251 e. The van der Waals surface area contributed by atoms with Crippen LogP contribution in [0.15, 0.2) is 18.2 Å². The summed E-state index contributed by atoms with van der Waals surface area (Å²) in [4.78, 5) is 12.1. The molecule has 19 heavy (non-hydrogen) atoms. The maximum absolute atomic E-state index is 12.1. The maximum atomic E-state index is 12.1. The number of amides is 1. The predicted octanol–water partition coefficient (Wildman–Crippen LogP) is 0.0710. The van der Waals surface area contributed by atoms with E-state index in [-0.39, 0.29) is 12.5 Å². The van der Waals surface area contributed by atoms with Crippen LogP contribution in [0.5, 0.6) is 0 Å². The van der Waals surface area contributed by atoms with Crippen molar-refractivity contribution < 1.29 is 14.6 Å². The Kier molecular flexibility index (Phi) is 5.32. The molecule has 1 amide bonds. The Morgan fingerprint density at radius 3 is 3.16 bits per heavy atom. The minimum absolute atomic E-state index is 0.00708. The van der Waals surface area contributed by atoms with Gasteiger partial charge < -0.3 is 20.5 Å². The zero-order valence-corrected chi connectivity index (χ0v) is 10.9. The molecular weight excluding hydrogens is 244 g/mol. The highest BCUT2D eigenvalue weighted by molar-refractivity contribution is 5.96. The van der Waals surface area contributed by atoms with Crippen molar-refractivity contribution in [3.8, 4) is 0 Å². The number of hydrogen-bond donors (Lipinski definition) is 3. The van der Waals surface area contributed by atoms with E-state index in [2.05, 4.69) is 16.7 Å². The van der Waals surface area contributed by atoms with Gasteiger partial charge in [0.1, 0.15) is 0 Å². The van der Waals surface area contributed by atoms with Gasteiger partial charge in [-0.15, -0.1) is 0 Å². The van der Waals surface area contributed by atoms with Crippen LogP contribution in [0.1, 0.15) is 21.5 Å². The summed E-state index contributed by atoms with van der Waals surface area (Å²) in [6, 6.07) is 5.85. The van der Waals surface area contributed by atoms with Crippen molar-refractivity contribution in [2.24, 2.45) is 0 Å². The number of ether oxygens (including phenoxy) is 1. The van der Waals surface area contributed by atoms with E-state index < -0.39 is 0 Å². The molecule has 0 aromatic heterocycles. The molecule has 0 saturated carbocycles. The van der Waals surface area contributed by atoms with Crippen LogP contribution in [-0.4, -0.2) is 43.9 Å². The summed E-state index contributed by atoms with van der Waals surface area (Å²) in [5, 5.41) is 14.7. The molecule has 1 aliphatic rings. The van der Waals surface area contributed by atoms with Crippen molar-refractivity contribution in [2.75, 3.05) is 32.9 Å². The number of hydrogen-bond acceptors (Lipinski definition) is 4. The molecule has 0 atom stereocenters. The third kappa shape index (κ3) is 3.76. The quantitative estimate of drug-likeness (QED) is 0.636. The first kappa shape index (κ1) is 14.0. The zero-order valence-electron chi connectivity index (χ0n) is 10.9. The molecule has 0 unspecified atom stereocenters. The van der Waals surface area contributed by atoms with Crippen LogP contribution in [0.3, 0.4) is 0 Å². The lowest BCUT2D eigenvalue weighted by Crippen LogP contribution is -2.31. The Labute approximate surface area is 113 Å². The standard InChI is InChI=1S/C14H20N2O3/c17-7-9-19-8-6-16-14(18)13-3-1-2-11-10-15-5-4-12(11)13/h1-3,15,17H,4-10H2,(H,16,18). The van der Waals surface area contributed by atoms with Crippen LogP contribution in [0.2, 0.25) is 0 Å². The highest BCUT2D eigenvalue weighted by atomic mass is 16.5. The van der Waals surface area contributed by atoms with E-state index in [1.165, 1.54) is 5.56 Å². The van der Waals surface area contributed by atoms with Gasteiger partial charge in [0.25, 0.3) is 5.91 Å². The zero-order chi connectivity index (χ0) is 13.5. The molecule has 104 valence electrons. The Morgan fingerprint density at radius 2 is 2.32 bits per heavy atom. The van der Waals surface area contributed by atoms with Crippen LogP contribution in [0.4, 0.5) is 0 Å². The van der Waals surface area contributed by atoms with Crippen molar-refractivity contribution in [3.63, 3.8) is 0 Å². The van der Waals surface area contributed by atoms with Crippen molar-refractivity contribution in [2.45, 2.75) is 13.0 Å². The fourth-order valence-corrected chi connectivity index (χ4v) is 2.24. The Morgan fingerprint density at radius 1 is 1.42 bits per heavy atom. The van der Waals surface area contributed by atoms with Crippen LogP contribution < -0.4 is 10.6 Å². The van der Waals surface area contributed by atoms with Gasteiger partial charge in [-0.25, -0.2) is 0 Å². The highest BCUT2D eigenvalue weighted by Crippen LogP contribution is 2.18. The van der Waals surface area contributed by atoms with E-state index in [1.54, 1.807) is 0 Å². The maximum Gasteiger partial charge on any atom is 0.251 e. The average Bonchev–Trinajstić information content (AvgIpc) is 2.46. The Balaban J connectivity index is 1.92. The van der Waals surface area contributed by atoms with Crippen LogP contribution in [0, 0.1) is 0 Å². The van der Waals surface area contributed by atoms with Crippen LogP contribution in [-0.2, 0) is 17.7 Å². The number of fused-ring (bicyclic) bond motifs is 1. The Bertz CT molecular complexity index is 435. The molecule has 1 aromatic rings. The first-order chi connectivity index (χ1) is 9.33. The summed E-state index contributed by atoms with van der Waals surface area (Å²) in [7, 11) is 0. The lowest BCUT2D eigenvalue weighted by Gasteiger charge is -2.19. The lowest BCUT2D eigenvalue weighted by atomic mass is 9.95. The molecule has 5 heteroatoms. The van der Waals surface area contributed by atoms with Crippen molar-refractivity contribution in [3.05, 3.63) is 34.9 Å². The minimum atomic E-state index is -0.0497. The van der Waals surface area contributed by atoms with Gasteiger partial charge in [0.2, 0.25) is 0 Å². The molecule has 0 fully saturated rings. The number of carbonyl (C=O) groups is 1. The van der Waals surface area contributed by atoms with E-state index in [0.29, 0.717) is 19.8 Å². The second kappa shape index (κ2) is 7.23. The number of benzene rings is 1. The fraction of sp³-hybridized carbons (Fsp3) is 0.500. The summed E-state index contributed by atoms with van der Waals surface area (Å²) >= 11 is 0. The van der Waals surface area contributed by atoms with E-state index >= 15 is 0 Å². The number of rotatable bonds is 6. The van der Waals surface area contributed by atoms with E-state index in [0.717, 1.165) is 30.6 Å². The minimum Gasteiger partial charge on any atom is -0.394 e. The lowest BCUT2D eigenvalue weighted by molar-refractivity contribution is 0.0837.